The number of methoxy groups -OCH3 is 1. The topological polar surface area (TPSA) is 41.5 Å². The maximum absolute atomic E-state index is 13.4. The second-order valence-electron chi connectivity index (χ2n) is 5.30. The summed E-state index contributed by atoms with van der Waals surface area (Å²) in [5.74, 6) is -0.0606. The molecule has 0 aliphatic rings. The van der Waals surface area contributed by atoms with E-state index in [1.54, 1.807) is 12.1 Å². The molecular formula is C18H22FNO2. The van der Waals surface area contributed by atoms with Crippen molar-refractivity contribution >= 4 is 0 Å². The van der Waals surface area contributed by atoms with Gasteiger partial charge in [-0.3, -0.25) is 0 Å². The summed E-state index contributed by atoms with van der Waals surface area (Å²) in [6, 6.07) is 13.0. The highest BCUT2D eigenvalue weighted by atomic mass is 19.1. The Balaban J connectivity index is 1.90. The SMILES string of the molecule is COc1cc(CCNC(C)c2cccc(CO)c2)ccc1F. The summed E-state index contributed by atoms with van der Waals surface area (Å²) in [5, 5.41) is 12.6. The molecule has 2 aromatic rings. The molecule has 118 valence electrons. The van der Waals surface area contributed by atoms with Gasteiger partial charge in [0.05, 0.1) is 13.7 Å². The standard InChI is InChI=1S/C18H22FNO2/c1-13(16-5-3-4-15(10-16)12-21)20-9-8-14-6-7-17(19)18(11-14)22-2/h3-7,10-11,13,20-21H,8-9,12H2,1-2H3. The zero-order chi connectivity index (χ0) is 15.9. The average Bonchev–Trinajstić information content (AvgIpc) is 2.56. The van der Waals surface area contributed by atoms with Gasteiger partial charge in [-0.05, 0) is 48.7 Å². The lowest BCUT2D eigenvalue weighted by molar-refractivity contribution is 0.281. The highest BCUT2D eigenvalue weighted by Crippen LogP contribution is 2.19. The number of aliphatic hydroxyl groups excluding tert-OH is 1. The molecule has 0 fully saturated rings. The van der Waals surface area contributed by atoms with Gasteiger partial charge in [0.2, 0.25) is 0 Å². The third-order valence-corrected chi connectivity index (χ3v) is 3.71. The number of hydrogen-bond donors (Lipinski definition) is 2. The largest absolute Gasteiger partial charge is 0.494 e. The van der Waals surface area contributed by atoms with E-state index in [1.807, 2.05) is 24.3 Å². The number of nitrogens with one attached hydrogen (secondary N) is 1. The first-order chi connectivity index (χ1) is 10.6. The fourth-order valence-corrected chi connectivity index (χ4v) is 2.37. The van der Waals surface area contributed by atoms with Crippen molar-refractivity contribution in [3.05, 3.63) is 65.0 Å². The Hall–Kier alpha value is -1.91. The molecule has 2 rings (SSSR count). The van der Waals surface area contributed by atoms with Crippen LogP contribution < -0.4 is 10.1 Å². The minimum Gasteiger partial charge on any atom is -0.494 e. The van der Waals surface area contributed by atoms with Crippen molar-refractivity contribution in [3.63, 3.8) is 0 Å². The van der Waals surface area contributed by atoms with E-state index in [-0.39, 0.29) is 24.2 Å². The van der Waals surface area contributed by atoms with Crippen LogP contribution in [-0.2, 0) is 13.0 Å². The van der Waals surface area contributed by atoms with Gasteiger partial charge in [0.25, 0.3) is 0 Å². The van der Waals surface area contributed by atoms with E-state index in [1.165, 1.54) is 13.2 Å². The zero-order valence-electron chi connectivity index (χ0n) is 13.0. The minimum atomic E-state index is -0.339. The molecule has 0 saturated heterocycles. The van der Waals surface area contributed by atoms with Crippen molar-refractivity contribution in [2.24, 2.45) is 0 Å². The van der Waals surface area contributed by atoms with Gasteiger partial charge in [-0.15, -0.1) is 0 Å². The van der Waals surface area contributed by atoms with Crippen LogP contribution in [0.15, 0.2) is 42.5 Å². The van der Waals surface area contributed by atoms with E-state index in [4.69, 9.17) is 4.74 Å². The molecule has 0 aromatic heterocycles. The summed E-state index contributed by atoms with van der Waals surface area (Å²) in [7, 11) is 1.47. The predicted molar refractivity (Wildman–Crippen MR) is 85.4 cm³/mol. The highest BCUT2D eigenvalue weighted by molar-refractivity contribution is 5.30. The Morgan fingerprint density at radius 3 is 2.73 bits per heavy atom. The molecule has 1 unspecified atom stereocenters. The second-order valence-corrected chi connectivity index (χ2v) is 5.30. The fourth-order valence-electron chi connectivity index (χ4n) is 2.37. The first kappa shape index (κ1) is 16.5. The highest BCUT2D eigenvalue weighted by Gasteiger charge is 2.07. The quantitative estimate of drug-likeness (QED) is 0.825. The van der Waals surface area contributed by atoms with E-state index in [9.17, 15) is 9.50 Å². The lowest BCUT2D eigenvalue weighted by Crippen LogP contribution is -2.21. The monoisotopic (exact) mass is 303 g/mol. The lowest BCUT2D eigenvalue weighted by atomic mass is 10.0. The van der Waals surface area contributed by atoms with Gasteiger partial charge >= 0.3 is 0 Å². The van der Waals surface area contributed by atoms with Crippen molar-refractivity contribution in [2.75, 3.05) is 13.7 Å². The summed E-state index contributed by atoms with van der Waals surface area (Å²) < 4.78 is 18.3. The van der Waals surface area contributed by atoms with E-state index in [0.29, 0.717) is 0 Å². The molecule has 2 N–H and O–H groups in total. The van der Waals surface area contributed by atoms with Crippen LogP contribution >= 0.6 is 0 Å². The van der Waals surface area contributed by atoms with Crippen molar-refractivity contribution in [1.29, 1.82) is 0 Å². The van der Waals surface area contributed by atoms with Crippen LogP contribution in [0.2, 0.25) is 0 Å². The van der Waals surface area contributed by atoms with E-state index < -0.39 is 0 Å². The molecule has 0 spiro atoms. The molecule has 2 aromatic carbocycles. The van der Waals surface area contributed by atoms with E-state index >= 15 is 0 Å². The normalized spacial score (nSPS) is 12.2. The molecule has 0 saturated carbocycles. The lowest BCUT2D eigenvalue weighted by Gasteiger charge is -2.15. The molecule has 1 atom stereocenters. The molecule has 0 bridgehead atoms. The van der Waals surface area contributed by atoms with Gasteiger partial charge < -0.3 is 15.2 Å². The first-order valence-electron chi connectivity index (χ1n) is 7.39. The minimum absolute atomic E-state index is 0.0515. The Bertz CT molecular complexity index is 616. The van der Waals surface area contributed by atoms with Crippen LogP contribution in [0.4, 0.5) is 4.39 Å². The molecule has 0 radical (unpaired) electrons. The number of hydrogen-bond acceptors (Lipinski definition) is 3. The van der Waals surface area contributed by atoms with E-state index in [0.717, 1.165) is 29.7 Å². The summed E-state index contributed by atoms with van der Waals surface area (Å²) in [5.41, 5.74) is 3.08. The van der Waals surface area contributed by atoms with Crippen LogP contribution in [0.25, 0.3) is 0 Å². The van der Waals surface area contributed by atoms with E-state index in [2.05, 4.69) is 12.2 Å². The Morgan fingerprint density at radius 1 is 1.18 bits per heavy atom. The third kappa shape index (κ3) is 4.29. The van der Waals surface area contributed by atoms with Gasteiger partial charge in [-0.25, -0.2) is 4.39 Å². The third-order valence-electron chi connectivity index (χ3n) is 3.71. The number of ether oxygens (including phenoxy) is 1. The van der Waals surface area contributed by atoms with Crippen molar-refractivity contribution < 1.29 is 14.2 Å². The van der Waals surface area contributed by atoms with Crippen LogP contribution in [0, 0.1) is 5.82 Å². The number of halogens is 1. The molecule has 22 heavy (non-hydrogen) atoms. The van der Waals surface area contributed by atoms with Crippen LogP contribution in [-0.4, -0.2) is 18.8 Å². The van der Waals surface area contributed by atoms with Gasteiger partial charge in [0.1, 0.15) is 0 Å². The molecule has 0 aliphatic carbocycles. The fraction of sp³-hybridized carbons (Fsp3) is 0.333. The van der Waals surface area contributed by atoms with Crippen molar-refractivity contribution in [3.8, 4) is 5.75 Å². The van der Waals surface area contributed by atoms with Gasteiger partial charge in [0, 0.05) is 6.04 Å². The maximum atomic E-state index is 13.4. The first-order valence-corrected chi connectivity index (χ1v) is 7.39. The molecular weight excluding hydrogens is 281 g/mol. The number of aliphatic hydroxyl groups is 1. The second kappa shape index (κ2) is 7.92. The smallest absolute Gasteiger partial charge is 0.165 e. The summed E-state index contributed by atoms with van der Waals surface area (Å²) in [4.78, 5) is 0. The molecule has 0 heterocycles. The Labute approximate surface area is 130 Å². The van der Waals surface area contributed by atoms with Gasteiger partial charge in [-0.2, -0.15) is 0 Å². The summed E-state index contributed by atoms with van der Waals surface area (Å²) in [6.07, 6.45) is 0.792. The zero-order valence-corrected chi connectivity index (χ0v) is 13.0. The maximum Gasteiger partial charge on any atom is 0.165 e. The van der Waals surface area contributed by atoms with Gasteiger partial charge in [-0.1, -0.05) is 30.3 Å². The van der Waals surface area contributed by atoms with Crippen molar-refractivity contribution in [2.45, 2.75) is 26.0 Å². The van der Waals surface area contributed by atoms with Crippen LogP contribution in [0.5, 0.6) is 5.75 Å². The predicted octanol–water partition coefficient (Wildman–Crippen LogP) is 3.22. The number of rotatable bonds is 7. The molecule has 3 nitrogen and oxygen atoms in total. The van der Waals surface area contributed by atoms with Crippen LogP contribution in [0.3, 0.4) is 0 Å². The summed E-state index contributed by atoms with van der Waals surface area (Å²) in [6.45, 7) is 2.91. The van der Waals surface area contributed by atoms with Gasteiger partial charge in [0.15, 0.2) is 11.6 Å². The Kier molecular flexibility index (Phi) is 5.92. The summed E-state index contributed by atoms with van der Waals surface area (Å²) >= 11 is 0. The van der Waals surface area contributed by atoms with Crippen molar-refractivity contribution in [1.82, 2.24) is 5.32 Å². The molecule has 0 amide bonds. The molecule has 4 heteroatoms. The number of benzene rings is 2. The molecule has 0 aliphatic heterocycles. The van der Waals surface area contributed by atoms with Crippen LogP contribution in [0.1, 0.15) is 29.7 Å². The average molecular weight is 303 g/mol. The Morgan fingerprint density at radius 2 is 2.00 bits per heavy atom.